The number of nitrogen functional groups attached to an aromatic ring is 1. The van der Waals surface area contributed by atoms with E-state index in [0.717, 1.165) is 5.69 Å². The molecule has 0 unspecified atom stereocenters. The number of aromatic nitrogens is 2. The fraction of sp³-hybridized carbons (Fsp3) is 0.450. The van der Waals surface area contributed by atoms with Crippen molar-refractivity contribution >= 4 is 33.7 Å². The van der Waals surface area contributed by atoms with E-state index in [1.54, 1.807) is 42.5 Å². The molecule has 0 saturated carbocycles. The van der Waals surface area contributed by atoms with Crippen LogP contribution < -0.4 is 5.73 Å². The van der Waals surface area contributed by atoms with Crippen molar-refractivity contribution in [1.29, 1.82) is 0 Å². The number of esters is 1. The molecule has 30 heavy (non-hydrogen) atoms. The summed E-state index contributed by atoms with van der Waals surface area (Å²) in [6.45, 7) is 6.00. The molecule has 1 aliphatic rings. The summed E-state index contributed by atoms with van der Waals surface area (Å²) >= 11 is 3.12. The van der Waals surface area contributed by atoms with Gasteiger partial charge in [0.15, 0.2) is 5.82 Å². The SMILES string of the molecule is COC(=O)Cc1nn(-c2ccc(Br)c(F)c2N)c2c1CN(C(=O)OC(C)(C)C)CC2. The zero-order chi connectivity index (χ0) is 22.2. The Morgan fingerprint density at radius 3 is 2.67 bits per heavy atom. The predicted octanol–water partition coefficient (Wildman–Crippen LogP) is 3.36. The van der Waals surface area contributed by atoms with Crippen LogP contribution in [0.1, 0.15) is 37.7 Å². The number of hydrogen-bond acceptors (Lipinski definition) is 6. The molecule has 2 aromatic rings. The fourth-order valence-electron chi connectivity index (χ4n) is 3.26. The molecule has 162 valence electrons. The second-order valence-corrected chi connectivity index (χ2v) is 8.84. The van der Waals surface area contributed by atoms with Gasteiger partial charge in [0.05, 0.1) is 47.3 Å². The Morgan fingerprint density at radius 1 is 1.33 bits per heavy atom. The molecular formula is C20H24BrFN4O4. The van der Waals surface area contributed by atoms with Crippen molar-refractivity contribution in [2.75, 3.05) is 19.4 Å². The molecule has 1 aromatic heterocycles. The lowest BCUT2D eigenvalue weighted by Crippen LogP contribution is -2.40. The van der Waals surface area contributed by atoms with E-state index in [4.69, 9.17) is 15.2 Å². The minimum absolute atomic E-state index is 0.0612. The zero-order valence-electron chi connectivity index (χ0n) is 17.3. The van der Waals surface area contributed by atoms with E-state index < -0.39 is 23.5 Å². The second-order valence-electron chi connectivity index (χ2n) is 7.98. The number of carbonyl (C=O) groups excluding carboxylic acids is 2. The Hall–Kier alpha value is -2.62. The third kappa shape index (κ3) is 4.43. The maximum atomic E-state index is 14.3. The number of anilines is 1. The Labute approximate surface area is 182 Å². The van der Waals surface area contributed by atoms with Crippen LogP contribution in [0.3, 0.4) is 0 Å². The lowest BCUT2D eigenvalue weighted by Gasteiger charge is -2.30. The van der Waals surface area contributed by atoms with E-state index in [0.29, 0.717) is 29.9 Å². The van der Waals surface area contributed by atoms with Crippen LogP contribution in [0.5, 0.6) is 0 Å². The summed E-state index contributed by atoms with van der Waals surface area (Å²) in [5, 5.41) is 4.53. The first kappa shape index (κ1) is 22.1. The van der Waals surface area contributed by atoms with Gasteiger partial charge in [-0.15, -0.1) is 0 Å². The van der Waals surface area contributed by atoms with Gasteiger partial charge in [0, 0.05) is 18.5 Å². The highest BCUT2D eigenvalue weighted by Crippen LogP contribution is 2.32. The highest BCUT2D eigenvalue weighted by molar-refractivity contribution is 9.10. The van der Waals surface area contributed by atoms with E-state index in [1.165, 1.54) is 7.11 Å². The van der Waals surface area contributed by atoms with Crippen molar-refractivity contribution in [3.05, 3.63) is 39.4 Å². The van der Waals surface area contributed by atoms with Crippen LogP contribution in [0, 0.1) is 5.82 Å². The molecule has 0 spiro atoms. The Morgan fingerprint density at radius 2 is 2.03 bits per heavy atom. The third-order valence-corrected chi connectivity index (χ3v) is 5.28. The summed E-state index contributed by atoms with van der Waals surface area (Å²) in [5.74, 6) is -1.05. The minimum atomic E-state index is -0.625. The Bertz CT molecular complexity index is 1000. The van der Waals surface area contributed by atoms with Crippen LogP contribution in [0.15, 0.2) is 16.6 Å². The van der Waals surface area contributed by atoms with Crippen LogP contribution in [0.4, 0.5) is 14.9 Å². The molecule has 2 heterocycles. The summed E-state index contributed by atoms with van der Waals surface area (Å²) in [7, 11) is 1.29. The number of halogens is 2. The van der Waals surface area contributed by atoms with Crippen LogP contribution in [-0.2, 0) is 33.7 Å². The number of amides is 1. The number of carbonyl (C=O) groups is 2. The lowest BCUT2D eigenvalue weighted by molar-refractivity contribution is -0.139. The number of ether oxygens (including phenoxy) is 2. The monoisotopic (exact) mass is 482 g/mol. The number of hydrogen-bond donors (Lipinski definition) is 1. The van der Waals surface area contributed by atoms with Gasteiger partial charge >= 0.3 is 12.1 Å². The van der Waals surface area contributed by atoms with Crippen molar-refractivity contribution in [3.8, 4) is 5.69 Å². The van der Waals surface area contributed by atoms with Gasteiger partial charge in [0.25, 0.3) is 0 Å². The molecule has 0 fully saturated rings. The van der Waals surface area contributed by atoms with Crippen molar-refractivity contribution in [2.24, 2.45) is 0 Å². The van der Waals surface area contributed by atoms with Gasteiger partial charge in [-0.25, -0.2) is 13.9 Å². The van der Waals surface area contributed by atoms with Crippen molar-refractivity contribution in [3.63, 3.8) is 0 Å². The molecule has 1 aromatic carbocycles. The first-order valence-electron chi connectivity index (χ1n) is 9.40. The lowest BCUT2D eigenvalue weighted by atomic mass is 10.0. The Kier molecular flexibility index (Phi) is 6.07. The number of methoxy groups -OCH3 is 1. The van der Waals surface area contributed by atoms with Crippen molar-refractivity contribution in [2.45, 2.75) is 45.8 Å². The molecule has 10 heteroatoms. The first-order chi connectivity index (χ1) is 14.0. The molecule has 0 bridgehead atoms. The summed E-state index contributed by atoms with van der Waals surface area (Å²) < 4.78 is 26.4. The van der Waals surface area contributed by atoms with Crippen molar-refractivity contribution < 1.29 is 23.5 Å². The Balaban J connectivity index is 2.03. The predicted molar refractivity (Wildman–Crippen MR) is 112 cm³/mol. The van der Waals surface area contributed by atoms with Gasteiger partial charge in [-0.2, -0.15) is 5.10 Å². The highest BCUT2D eigenvalue weighted by Gasteiger charge is 2.31. The largest absolute Gasteiger partial charge is 0.469 e. The maximum Gasteiger partial charge on any atom is 0.410 e. The van der Waals surface area contributed by atoms with Gasteiger partial charge in [0.2, 0.25) is 0 Å². The van der Waals surface area contributed by atoms with Gasteiger partial charge in [-0.1, -0.05) is 0 Å². The summed E-state index contributed by atoms with van der Waals surface area (Å²) in [4.78, 5) is 26.0. The van der Waals surface area contributed by atoms with Gasteiger partial charge < -0.3 is 20.1 Å². The van der Waals surface area contributed by atoms with Gasteiger partial charge in [-0.3, -0.25) is 4.79 Å². The molecule has 8 nitrogen and oxygen atoms in total. The summed E-state index contributed by atoms with van der Waals surface area (Å²) in [6, 6.07) is 3.20. The first-order valence-corrected chi connectivity index (χ1v) is 10.2. The minimum Gasteiger partial charge on any atom is -0.469 e. The molecule has 1 amide bonds. The van der Waals surface area contributed by atoms with Crippen LogP contribution in [-0.4, -0.2) is 46.0 Å². The quantitative estimate of drug-likeness (QED) is 0.531. The molecule has 0 saturated heterocycles. The molecule has 3 rings (SSSR count). The molecule has 2 N–H and O–H groups in total. The van der Waals surface area contributed by atoms with Gasteiger partial charge in [-0.05, 0) is 48.8 Å². The average molecular weight is 483 g/mol. The van der Waals surface area contributed by atoms with Crippen molar-refractivity contribution in [1.82, 2.24) is 14.7 Å². The van der Waals surface area contributed by atoms with Crippen LogP contribution in [0.25, 0.3) is 5.69 Å². The fourth-order valence-corrected chi connectivity index (χ4v) is 3.60. The molecule has 0 atom stereocenters. The standard InChI is InChI=1S/C20H24BrFN4O4/c1-20(2,3)30-19(28)25-8-7-14-11(10-25)13(9-16(27)29-4)24-26(14)15-6-5-12(21)17(22)18(15)23/h5-6H,7-10,23H2,1-4H3. The molecule has 1 aliphatic heterocycles. The summed E-state index contributed by atoms with van der Waals surface area (Å²) in [5.41, 5.74) is 7.60. The van der Waals surface area contributed by atoms with E-state index >= 15 is 0 Å². The number of benzene rings is 1. The summed E-state index contributed by atoms with van der Waals surface area (Å²) in [6.07, 6.45) is -0.0774. The zero-order valence-corrected chi connectivity index (χ0v) is 18.9. The molecular weight excluding hydrogens is 459 g/mol. The topological polar surface area (TPSA) is 99.7 Å². The third-order valence-electron chi connectivity index (χ3n) is 4.67. The smallest absolute Gasteiger partial charge is 0.410 e. The van der Waals surface area contributed by atoms with Crippen LogP contribution in [0.2, 0.25) is 0 Å². The number of fused-ring (bicyclic) bond motifs is 1. The maximum absolute atomic E-state index is 14.3. The second kappa shape index (κ2) is 8.25. The molecule has 0 radical (unpaired) electrons. The van der Waals surface area contributed by atoms with E-state index in [9.17, 15) is 14.0 Å². The van der Waals surface area contributed by atoms with E-state index in [-0.39, 0.29) is 23.1 Å². The highest BCUT2D eigenvalue weighted by atomic mass is 79.9. The number of nitrogens with zero attached hydrogens (tertiary/aromatic N) is 3. The normalized spacial score (nSPS) is 13.7. The number of nitrogens with two attached hydrogens (primary N) is 1. The van der Waals surface area contributed by atoms with Gasteiger partial charge in [0.1, 0.15) is 5.60 Å². The average Bonchev–Trinajstić information content (AvgIpc) is 3.02. The van der Waals surface area contributed by atoms with E-state index in [1.807, 2.05) is 0 Å². The number of rotatable bonds is 3. The van der Waals surface area contributed by atoms with Crippen LogP contribution >= 0.6 is 15.9 Å². The van der Waals surface area contributed by atoms with E-state index in [2.05, 4.69) is 21.0 Å². The molecule has 0 aliphatic carbocycles.